The Morgan fingerprint density at radius 3 is 2.75 bits per heavy atom. The summed E-state index contributed by atoms with van der Waals surface area (Å²) in [5.74, 6) is -0.394. The minimum Gasteiger partial charge on any atom is -0.350 e. The lowest BCUT2D eigenvalue weighted by Gasteiger charge is -2.23. The first-order valence-electron chi connectivity index (χ1n) is 9.29. The summed E-state index contributed by atoms with van der Waals surface area (Å²) in [6.45, 7) is 1.17. The molecule has 6 nitrogen and oxygen atoms in total. The number of pyridine rings is 1. The lowest BCUT2D eigenvalue weighted by atomic mass is 9.81. The Morgan fingerprint density at radius 1 is 1.29 bits per heavy atom. The average molecular weight is 399 g/mol. The number of hydrogen-bond donors (Lipinski definition) is 0. The van der Waals surface area contributed by atoms with Gasteiger partial charge in [0.15, 0.2) is 12.1 Å². The minimum atomic E-state index is -0.479. The van der Waals surface area contributed by atoms with Gasteiger partial charge in [-0.15, -0.1) is 0 Å². The Bertz CT molecular complexity index is 907. The van der Waals surface area contributed by atoms with Crippen LogP contribution in [0, 0.1) is 16.0 Å². The zero-order chi connectivity index (χ0) is 19.6. The van der Waals surface area contributed by atoms with E-state index in [0.29, 0.717) is 30.7 Å². The molecule has 0 aromatic carbocycles. The van der Waals surface area contributed by atoms with E-state index in [-0.39, 0.29) is 23.4 Å². The molecule has 0 radical (unpaired) electrons. The summed E-state index contributed by atoms with van der Waals surface area (Å²) in [7, 11) is 0. The Morgan fingerprint density at radius 2 is 2.04 bits per heavy atom. The number of nitrogens with zero attached hydrogens (tertiary/aromatic N) is 1. The first kappa shape index (κ1) is 19.0. The molecular formula is C21H21NO5S. The van der Waals surface area contributed by atoms with E-state index in [1.54, 1.807) is 42.6 Å². The summed E-state index contributed by atoms with van der Waals surface area (Å²) in [4.78, 5) is 29.4. The molecule has 1 saturated heterocycles. The van der Waals surface area contributed by atoms with Crippen LogP contribution in [0.4, 0.5) is 0 Å². The molecule has 1 aromatic heterocycles. The first-order chi connectivity index (χ1) is 13.5. The Kier molecular flexibility index (Phi) is 5.39. The van der Waals surface area contributed by atoms with Crippen molar-refractivity contribution in [2.24, 2.45) is 11.3 Å². The van der Waals surface area contributed by atoms with Crippen LogP contribution in [0.5, 0.6) is 0 Å². The van der Waals surface area contributed by atoms with Crippen LogP contribution in [-0.4, -0.2) is 36.0 Å². The Balaban J connectivity index is 1.55. The fourth-order valence-corrected chi connectivity index (χ4v) is 4.17. The van der Waals surface area contributed by atoms with Crippen LogP contribution in [0.3, 0.4) is 0 Å². The van der Waals surface area contributed by atoms with Crippen LogP contribution in [0.25, 0.3) is 0 Å². The van der Waals surface area contributed by atoms with Crippen LogP contribution >= 0.6 is 12.2 Å². The molecule has 0 amide bonds. The molecule has 3 aliphatic rings. The number of rotatable bonds is 4. The number of aromatic nitrogens is 1. The zero-order valence-corrected chi connectivity index (χ0v) is 16.1. The van der Waals surface area contributed by atoms with Crippen LogP contribution < -0.4 is 4.84 Å². The standard InChI is InChI=1S/C21H21NO5S/c23-17-4-6-21(7-5-17)13-15(16(14-21)12-20-25-9-10-26-20)11-19(24)27-22-8-2-1-3-18(22)28/h1-8,11,16,20H,9-10,12-14H2/b15-11+/t16-/m1/s1. The van der Waals surface area contributed by atoms with Gasteiger partial charge in [0, 0.05) is 24.1 Å². The smallest absolute Gasteiger partial charge is 0.350 e. The SMILES string of the molecule is O=C1C=CC2(C=C1)C/C(=C\C(=O)On1ccccc1=S)[C@H](CC1OCCO1)C2. The highest BCUT2D eigenvalue weighted by atomic mass is 32.1. The summed E-state index contributed by atoms with van der Waals surface area (Å²) < 4.78 is 12.9. The monoisotopic (exact) mass is 399 g/mol. The van der Waals surface area contributed by atoms with E-state index in [2.05, 4.69) is 0 Å². The third-order valence-electron chi connectivity index (χ3n) is 5.29. The predicted octanol–water partition coefficient (Wildman–Crippen LogP) is 2.95. The highest BCUT2D eigenvalue weighted by molar-refractivity contribution is 7.71. The normalized spacial score (nSPS) is 25.1. The summed E-state index contributed by atoms with van der Waals surface area (Å²) in [6.07, 6.45) is 12.1. The molecule has 0 bridgehead atoms. The molecule has 1 aromatic rings. The van der Waals surface area contributed by atoms with E-state index < -0.39 is 5.97 Å². The van der Waals surface area contributed by atoms with Crippen molar-refractivity contribution < 1.29 is 23.9 Å². The number of carbonyl (C=O) groups excluding carboxylic acids is 2. The van der Waals surface area contributed by atoms with Crippen LogP contribution in [0.1, 0.15) is 19.3 Å². The quantitative estimate of drug-likeness (QED) is 0.573. The topological polar surface area (TPSA) is 66.8 Å². The van der Waals surface area contributed by atoms with Gasteiger partial charge in [0.1, 0.15) is 4.64 Å². The van der Waals surface area contributed by atoms with Crippen LogP contribution in [0.2, 0.25) is 0 Å². The van der Waals surface area contributed by atoms with Gasteiger partial charge in [-0.1, -0.05) is 36.0 Å². The highest BCUT2D eigenvalue weighted by Crippen LogP contribution is 2.50. The molecule has 28 heavy (non-hydrogen) atoms. The van der Waals surface area contributed by atoms with Crippen molar-refractivity contribution in [1.29, 1.82) is 0 Å². The number of carbonyl (C=O) groups is 2. The molecule has 2 fully saturated rings. The number of ketones is 1. The van der Waals surface area contributed by atoms with E-state index in [1.165, 1.54) is 4.73 Å². The molecule has 1 aliphatic heterocycles. The van der Waals surface area contributed by atoms with Crippen molar-refractivity contribution in [3.05, 3.63) is 65.0 Å². The molecule has 1 spiro atoms. The molecule has 146 valence electrons. The maximum absolute atomic E-state index is 12.5. The van der Waals surface area contributed by atoms with Crippen LogP contribution in [-0.2, 0) is 19.1 Å². The second kappa shape index (κ2) is 7.95. The van der Waals surface area contributed by atoms with Crippen molar-refractivity contribution in [3.8, 4) is 0 Å². The lowest BCUT2D eigenvalue weighted by molar-refractivity contribution is -0.138. The van der Waals surface area contributed by atoms with Gasteiger partial charge >= 0.3 is 5.97 Å². The Labute approximate surface area is 168 Å². The lowest BCUT2D eigenvalue weighted by Crippen LogP contribution is -2.19. The van der Waals surface area contributed by atoms with Crippen molar-refractivity contribution in [2.45, 2.75) is 25.6 Å². The first-order valence-corrected chi connectivity index (χ1v) is 9.70. The van der Waals surface area contributed by atoms with Crippen molar-refractivity contribution in [3.63, 3.8) is 0 Å². The molecule has 1 atom stereocenters. The van der Waals surface area contributed by atoms with Gasteiger partial charge in [-0.2, -0.15) is 4.73 Å². The molecule has 0 N–H and O–H groups in total. The summed E-state index contributed by atoms with van der Waals surface area (Å²) >= 11 is 5.16. The molecular weight excluding hydrogens is 378 g/mol. The predicted molar refractivity (Wildman–Crippen MR) is 104 cm³/mol. The van der Waals surface area contributed by atoms with Gasteiger partial charge in [-0.05, 0) is 43.0 Å². The van der Waals surface area contributed by atoms with Gasteiger partial charge in [-0.3, -0.25) is 4.79 Å². The third-order valence-corrected chi connectivity index (χ3v) is 5.61. The van der Waals surface area contributed by atoms with Crippen molar-refractivity contribution in [1.82, 2.24) is 4.73 Å². The second-order valence-electron chi connectivity index (χ2n) is 7.28. The van der Waals surface area contributed by atoms with Gasteiger partial charge in [-0.25, -0.2) is 4.79 Å². The van der Waals surface area contributed by atoms with Crippen molar-refractivity contribution in [2.75, 3.05) is 13.2 Å². The fourth-order valence-electron chi connectivity index (χ4n) is 3.99. The molecule has 1 saturated carbocycles. The Hall–Kier alpha value is -2.35. The van der Waals surface area contributed by atoms with E-state index >= 15 is 0 Å². The van der Waals surface area contributed by atoms with Crippen molar-refractivity contribution >= 4 is 24.0 Å². The minimum absolute atomic E-state index is 0.0140. The number of allylic oxidation sites excluding steroid dienone is 5. The van der Waals surface area contributed by atoms with Gasteiger partial charge in [0.2, 0.25) is 0 Å². The molecule has 2 heterocycles. The molecule has 7 heteroatoms. The molecule has 2 aliphatic carbocycles. The summed E-state index contributed by atoms with van der Waals surface area (Å²) in [5.41, 5.74) is 0.710. The second-order valence-corrected chi connectivity index (χ2v) is 7.70. The summed E-state index contributed by atoms with van der Waals surface area (Å²) in [5, 5.41) is 0. The maximum atomic E-state index is 12.5. The average Bonchev–Trinajstić information content (AvgIpc) is 3.29. The van der Waals surface area contributed by atoms with E-state index in [1.807, 2.05) is 12.2 Å². The molecule has 4 rings (SSSR count). The van der Waals surface area contributed by atoms with E-state index in [4.69, 9.17) is 26.5 Å². The third kappa shape index (κ3) is 4.22. The van der Waals surface area contributed by atoms with Crippen LogP contribution in [0.15, 0.2) is 60.3 Å². The molecule has 0 unspecified atom stereocenters. The highest BCUT2D eigenvalue weighted by Gasteiger charge is 2.41. The summed E-state index contributed by atoms with van der Waals surface area (Å²) in [6, 6.07) is 5.21. The van der Waals surface area contributed by atoms with Gasteiger partial charge < -0.3 is 14.3 Å². The number of hydrogen-bond acceptors (Lipinski definition) is 6. The largest absolute Gasteiger partial charge is 0.356 e. The van der Waals surface area contributed by atoms with Gasteiger partial charge in [0.25, 0.3) is 0 Å². The van der Waals surface area contributed by atoms with E-state index in [9.17, 15) is 9.59 Å². The zero-order valence-electron chi connectivity index (χ0n) is 15.3. The number of ether oxygens (including phenoxy) is 2. The maximum Gasteiger partial charge on any atom is 0.356 e. The van der Waals surface area contributed by atoms with Gasteiger partial charge in [0.05, 0.1) is 13.2 Å². The van der Waals surface area contributed by atoms with E-state index in [0.717, 1.165) is 12.0 Å². The fraction of sp³-hybridized carbons (Fsp3) is 0.381.